The van der Waals surface area contributed by atoms with Crippen molar-refractivity contribution in [2.24, 2.45) is 7.05 Å². The van der Waals surface area contributed by atoms with Gasteiger partial charge in [-0.25, -0.2) is 18.1 Å². The zero-order chi connectivity index (χ0) is 17.6. The van der Waals surface area contributed by atoms with Gasteiger partial charge in [0.2, 0.25) is 0 Å². The van der Waals surface area contributed by atoms with E-state index in [-0.39, 0.29) is 0 Å². The third-order valence-electron chi connectivity index (χ3n) is 5.44. The van der Waals surface area contributed by atoms with Crippen molar-refractivity contribution in [2.75, 3.05) is 29.9 Å². The van der Waals surface area contributed by atoms with E-state index in [4.69, 9.17) is 0 Å². The number of aryl methyl sites for hydroxylation is 2. The molecule has 25 heavy (non-hydrogen) atoms. The molecule has 2 aromatic heterocycles. The molecule has 0 radical (unpaired) electrons. The van der Waals surface area contributed by atoms with E-state index in [0.717, 1.165) is 59.9 Å². The minimum Gasteiger partial charge on any atom is -0.359 e. The molecule has 0 amide bonds. The maximum Gasteiger partial charge on any atom is 0.185 e. The van der Waals surface area contributed by atoms with Crippen molar-refractivity contribution < 1.29 is 8.42 Å². The first-order valence-corrected chi connectivity index (χ1v) is 11.6. The first kappa shape index (κ1) is 17.2. The molecule has 0 spiro atoms. The number of likely N-dealkylation sites (tertiary alicyclic amines) is 1. The van der Waals surface area contributed by atoms with Gasteiger partial charge in [0, 0.05) is 32.2 Å². The molecule has 2 aliphatic heterocycles. The lowest BCUT2D eigenvalue weighted by Gasteiger charge is -2.39. The molecular weight excluding hydrogens is 358 g/mol. The highest BCUT2D eigenvalue weighted by atomic mass is 32.2. The van der Waals surface area contributed by atoms with Gasteiger partial charge < -0.3 is 10.2 Å². The van der Waals surface area contributed by atoms with Crippen molar-refractivity contribution in [3.05, 3.63) is 5.69 Å². The molecule has 1 N–H and O–H groups in total. The van der Waals surface area contributed by atoms with Gasteiger partial charge in [0.1, 0.15) is 9.84 Å². The summed E-state index contributed by atoms with van der Waals surface area (Å²) in [5, 5.41) is 8.97. The van der Waals surface area contributed by atoms with Crippen LogP contribution >= 0.6 is 11.3 Å². The Kier molecular flexibility index (Phi) is 4.49. The van der Waals surface area contributed by atoms with Crippen molar-refractivity contribution in [2.45, 2.75) is 44.7 Å². The van der Waals surface area contributed by atoms with Crippen LogP contribution in [0.25, 0.3) is 10.3 Å². The first-order chi connectivity index (χ1) is 11.9. The maximum atomic E-state index is 11.6. The van der Waals surface area contributed by atoms with Crippen molar-refractivity contribution in [1.29, 1.82) is 0 Å². The van der Waals surface area contributed by atoms with Gasteiger partial charge in [-0.1, -0.05) is 11.3 Å². The number of aromatic nitrogens is 3. The number of thiazole rings is 1. The van der Waals surface area contributed by atoms with E-state index in [1.807, 2.05) is 18.7 Å². The zero-order valence-corrected chi connectivity index (χ0v) is 16.4. The Hall–Kier alpha value is -1.19. The molecule has 0 bridgehead atoms. The lowest BCUT2D eigenvalue weighted by molar-refractivity contribution is 0.147. The number of rotatable bonds is 3. The van der Waals surface area contributed by atoms with Crippen LogP contribution < -0.4 is 5.32 Å². The Morgan fingerprint density at radius 3 is 2.48 bits per heavy atom. The second-order valence-corrected chi connectivity index (χ2v) is 10.5. The molecule has 2 aliphatic rings. The third kappa shape index (κ3) is 3.54. The van der Waals surface area contributed by atoms with Crippen LogP contribution in [0.1, 0.15) is 31.4 Å². The molecule has 4 heterocycles. The third-order valence-corrected chi connectivity index (χ3v) is 8.24. The minimum absolute atomic E-state index is 0.356. The van der Waals surface area contributed by atoms with Crippen molar-refractivity contribution in [3.8, 4) is 0 Å². The van der Waals surface area contributed by atoms with E-state index in [0.29, 0.717) is 23.6 Å². The van der Waals surface area contributed by atoms with Gasteiger partial charge >= 0.3 is 0 Å². The SMILES string of the molecule is Cc1nn(C)c2nc(NC3CCN(C4CCS(=O)(=O)CC4)CC3)sc12. The van der Waals surface area contributed by atoms with E-state index in [1.54, 1.807) is 11.3 Å². The van der Waals surface area contributed by atoms with E-state index in [1.165, 1.54) is 0 Å². The number of fused-ring (bicyclic) bond motifs is 1. The number of nitrogens with one attached hydrogen (secondary N) is 1. The Labute approximate surface area is 152 Å². The van der Waals surface area contributed by atoms with Crippen LogP contribution in [0.5, 0.6) is 0 Å². The number of hydrogen-bond donors (Lipinski definition) is 1. The second kappa shape index (κ2) is 6.51. The number of hydrogen-bond acceptors (Lipinski definition) is 7. The molecule has 2 fully saturated rings. The fraction of sp³-hybridized carbons (Fsp3) is 0.750. The summed E-state index contributed by atoms with van der Waals surface area (Å²) in [6, 6.07) is 0.887. The fourth-order valence-electron chi connectivity index (χ4n) is 3.97. The molecule has 2 aromatic rings. The monoisotopic (exact) mass is 383 g/mol. The van der Waals surface area contributed by atoms with Crippen LogP contribution in [-0.4, -0.2) is 64.8 Å². The predicted molar refractivity (Wildman–Crippen MR) is 101 cm³/mol. The highest BCUT2D eigenvalue weighted by Gasteiger charge is 2.30. The van der Waals surface area contributed by atoms with Crippen LogP contribution in [0.15, 0.2) is 0 Å². The van der Waals surface area contributed by atoms with Gasteiger partial charge in [-0.15, -0.1) is 0 Å². The van der Waals surface area contributed by atoms with Gasteiger partial charge in [0.05, 0.1) is 21.9 Å². The Bertz CT molecular complexity index is 816. The predicted octanol–water partition coefficient (Wildman–Crippen LogP) is 1.79. The summed E-state index contributed by atoms with van der Waals surface area (Å²) in [7, 11) is -0.841. The molecule has 4 rings (SSSR count). The van der Waals surface area contributed by atoms with Crippen molar-refractivity contribution in [1.82, 2.24) is 19.7 Å². The molecule has 0 aromatic carbocycles. The molecule has 9 heteroatoms. The number of sulfone groups is 1. The summed E-state index contributed by atoms with van der Waals surface area (Å²) in [6.07, 6.45) is 3.75. The first-order valence-electron chi connectivity index (χ1n) is 8.92. The molecule has 138 valence electrons. The van der Waals surface area contributed by atoms with Crippen LogP contribution in [-0.2, 0) is 16.9 Å². The lowest BCUT2D eigenvalue weighted by Crippen LogP contribution is -2.47. The van der Waals surface area contributed by atoms with Crippen LogP contribution in [0.2, 0.25) is 0 Å². The topological polar surface area (TPSA) is 80.1 Å². The Morgan fingerprint density at radius 2 is 1.84 bits per heavy atom. The Morgan fingerprint density at radius 1 is 1.16 bits per heavy atom. The maximum absolute atomic E-state index is 11.6. The van der Waals surface area contributed by atoms with Gasteiger partial charge in [-0.3, -0.25) is 0 Å². The summed E-state index contributed by atoms with van der Waals surface area (Å²) in [5.74, 6) is 0.712. The summed E-state index contributed by atoms with van der Waals surface area (Å²) in [5.41, 5.74) is 1.98. The number of nitrogens with zero attached hydrogens (tertiary/aromatic N) is 4. The molecule has 0 saturated carbocycles. The summed E-state index contributed by atoms with van der Waals surface area (Å²) < 4.78 is 26.2. The number of anilines is 1. The zero-order valence-electron chi connectivity index (χ0n) is 14.7. The van der Waals surface area contributed by atoms with E-state index < -0.39 is 9.84 Å². The van der Waals surface area contributed by atoms with Gasteiger partial charge in [-0.2, -0.15) is 5.10 Å². The average molecular weight is 384 g/mol. The van der Waals surface area contributed by atoms with Gasteiger partial charge in [0.15, 0.2) is 10.8 Å². The molecule has 0 atom stereocenters. The quantitative estimate of drug-likeness (QED) is 0.870. The molecule has 7 nitrogen and oxygen atoms in total. The fourth-order valence-corrected chi connectivity index (χ4v) is 6.45. The summed E-state index contributed by atoms with van der Waals surface area (Å²) in [4.78, 5) is 7.16. The second-order valence-electron chi connectivity index (χ2n) is 7.22. The highest BCUT2D eigenvalue weighted by molar-refractivity contribution is 7.91. The summed E-state index contributed by atoms with van der Waals surface area (Å²) >= 11 is 1.68. The van der Waals surface area contributed by atoms with Crippen LogP contribution in [0.4, 0.5) is 5.13 Å². The van der Waals surface area contributed by atoms with Gasteiger partial charge in [0.25, 0.3) is 0 Å². The minimum atomic E-state index is -2.77. The van der Waals surface area contributed by atoms with Gasteiger partial charge in [-0.05, 0) is 32.6 Å². The van der Waals surface area contributed by atoms with Crippen LogP contribution in [0, 0.1) is 6.92 Å². The van der Waals surface area contributed by atoms with Crippen molar-refractivity contribution in [3.63, 3.8) is 0 Å². The number of piperidine rings is 1. The normalized spacial score (nSPS) is 23.3. The molecule has 0 unspecified atom stereocenters. The Balaban J connectivity index is 1.33. The van der Waals surface area contributed by atoms with Crippen molar-refractivity contribution >= 4 is 36.7 Å². The highest BCUT2D eigenvalue weighted by Crippen LogP contribution is 2.30. The van der Waals surface area contributed by atoms with E-state index in [9.17, 15) is 8.42 Å². The van der Waals surface area contributed by atoms with E-state index >= 15 is 0 Å². The smallest absolute Gasteiger partial charge is 0.185 e. The largest absolute Gasteiger partial charge is 0.359 e. The lowest BCUT2D eigenvalue weighted by atomic mass is 10.0. The summed E-state index contributed by atoms with van der Waals surface area (Å²) in [6.45, 7) is 4.09. The van der Waals surface area contributed by atoms with E-state index in [2.05, 4.69) is 20.3 Å². The van der Waals surface area contributed by atoms with Crippen LogP contribution in [0.3, 0.4) is 0 Å². The molecule has 2 saturated heterocycles. The molecule has 0 aliphatic carbocycles. The molecular formula is C16H25N5O2S2. The standard InChI is InChI=1S/C16H25N5O2S2/c1-11-14-15(20(2)19-11)18-16(24-14)17-12-3-7-21(8-4-12)13-5-9-25(22,23)10-6-13/h12-13H,3-10H2,1-2H3,(H,17,18). The average Bonchev–Trinajstić information content (AvgIpc) is 3.10.